The summed E-state index contributed by atoms with van der Waals surface area (Å²) in [5.41, 5.74) is 5.63. The predicted molar refractivity (Wildman–Crippen MR) is 56.5 cm³/mol. The van der Waals surface area contributed by atoms with Crippen LogP contribution in [0.25, 0.3) is 0 Å². The van der Waals surface area contributed by atoms with Crippen LogP contribution in [-0.4, -0.2) is 43.0 Å². The molecule has 0 radical (unpaired) electrons. The number of piperidine rings is 1. The molecule has 0 saturated carbocycles. The Morgan fingerprint density at radius 2 is 1.69 bits per heavy atom. The molecule has 0 aliphatic carbocycles. The van der Waals surface area contributed by atoms with E-state index in [-0.39, 0.29) is 17.0 Å². The maximum Gasteiger partial charge on any atom is 0.0911 e. The Morgan fingerprint density at radius 3 is 2.15 bits per heavy atom. The highest BCUT2D eigenvalue weighted by Gasteiger charge is 2.27. The molecular weight excluding hydrogens is 248 g/mol. The third-order valence-electron chi connectivity index (χ3n) is 2.94. The maximum atomic E-state index is 5.63. The van der Waals surface area contributed by atoms with Gasteiger partial charge in [-0.25, -0.2) is 0 Å². The molecule has 13 heavy (non-hydrogen) atoms. The fraction of sp³-hybridized carbons (Fsp3) is 1.00. The summed E-state index contributed by atoms with van der Waals surface area (Å²) in [6.45, 7) is 5.85. The second-order valence-electron chi connectivity index (χ2n) is 3.81. The SMILES string of the molecule is NCC[N+]1(CCS)CCCCC1.[Br-]. The molecule has 4 heteroatoms. The van der Waals surface area contributed by atoms with E-state index in [1.807, 2.05) is 0 Å². The van der Waals surface area contributed by atoms with Gasteiger partial charge in [-0.3, -0.25) is 0 Å². The van der Waals surface area contributed by atoms with Crippen LogP contribution in [0.1, 0.15) is 19.3 Å². The van der Waals surface area contributed by atoms with Crippen molar-refractivity contribution in [1.29, 1.82) is 0 Å². The Kier molecular flexibility index (Phi) is 7.51. The third-order valence-corrected chi connectivity index (χ3v) is 3.14. The first kappa shape index (κ1) is 13.8. The molecule has 1 saturated heterocycles. The molecule has 0 aromatic rings. The number of hydrogen-bond acceptors (Lipinski definition) is 2. The molecule has 1 fully saturated rings. The molecule has 2 N–H and O–H groups in total. The number of halogens is 1. The van der Waals surface area contributed by atoms with Gasteiger partial charge in [0.05, 0.1) is 26.2 Å². The first-order chi connectivity index (χ1) is 5.83. The van der Waals surface area contributed by atoms with Gasteiger partial charge in [0.25, 0.3) is 0 Å². The Morgan fingerprint density at radius 1 is 1.08 bits per heavy atom. The Hall–Kier alpha value is 0.750. The van der Waals surface area contributed by atoms with Gasteiger partial charge in [0, 0.05) is 12.3 Å². The van der Waals surface area contributed by atoms with Crippen molar-refractivity contribution in [3.05, 3.63) is 0 Å². The molecule has 0 aromatic heterocycles. The molecular formula is C9H21BrN2S. The summed E-state index contributed by atoms with van der Waals surface area (Å²) in [5.74, 6) is 1.00. The van der Waals surface area contributed by atoms with Crippen molar-refractivity contribution < 1.29 is 21.5 Å². The zero-order valence-electron chi connectivity index (χ0n) is 8.21. The molecule has 0 bridgehead atoms. The lowest BCUT2D eigenvalue weighted by molar-refractivity contribution is -0.928. The normalized spacial score (nSPS) is 20.8. The molecule has 1 heterocycles. The smallest absolute Gasteiger partial charge is 0.0911 e. The lowest BCUT2D eigenvalue weighted by Gasteiger charge is -2.41. The van der Waals surface area contributed by atoms with Crippen molar-refractivity contribution in [1.82, 2.24) is 0 Å². The zero-order chi connectivity index (χ0) is 8.86. The minimum Gasteiger partial charge on any atom is -1.00 e. The first-order valence-electron chi connectivity index (χ1n) is 4.99. The van der Waals surface area contributed by atoms with E-state index < -0.39 is 0 Å². The number of thiol groups is 1. The summed E-state index contributed by atoms with van der Waals surface area (Å²) in [6, 6.07) is 0. The van der Waals surface area contributed by atoms with Crippen molar-refractivity contribution in [2.75, 3.05) is 38.5 Å². The second kappa shape index (κ2) is 7.10. The Balaban J connectivity index is 0.00000144. The van der Waals surface area contributed by atoms with Crippen LogP contribution in [0.5, 0.6) is 0 Å². The van der Waals surface area contributed by atoms with Crippen molar-refractivity contribution in [2.45, 2.75) is 19.3 Å². The van der Waals surface area contributed by atoms with E-state index in [2.05, 4.69) is 12.6 Å². The van der Waals surface area contributed by atoms with Crippen molar-refractivity contribution in [2.24, 2.45) is 5.73 Å². The van der Waals surface area contributed by atoms with E-state index in [0.717, 1.165) is 18.8 Å². The highest BCUT2D eigenvalue weighted by molar-refractivity contribution is 7.80. The molecule has 0 amide bonds. The summed E-state index contributed by atoms with van der Waals surface area (Å²) < 4.78 is 1.24. The predicted octanol–water partition coefficient (Wildman–Crippen LogP) is -2.12. The first-order valence-corrected chi connectivity index (χ1v) is 5.62. The van der Waals surface area contributed by atoms with E-state index in [0.29, 0.717) is 0 Å². The van der Waals surface area contributed by atoms with Gasteiger partial charge in [0.15, 0.2) is 0 Å². The minimum atomic E-state index is 0. The number of nitrogens with two attached hydrogens (primary N) is 1. The summed E-state index contributed by atoms with van der Waals surface area (Å²) in [7, 11) is 0. The summed E-state index contributed by atoms with van der Waals surface area (Å²) in [4.78, 5) is 0. The van der Waals surface area contributed by atoms with Crippen LogP contribution in [0.15, 0.2) is 0 Å². The molecule has 1 aliphatic heterocycles. The molecule has 0 spiro atoms. The van der Waals surface area contributed by atoms with Crippen LogP contribution in [0.3, 0.4) is 0 Å². The molecule has 2 nitrogen and oxygen atoms in total. The van der Waals surface area contributed by atoms with Crippen LogP contribution < -0.4 is 22.7 Å². The molecule has 0 aromatic carbocycles. The van der Waals surface area contributed by atoms with Gasteiger partial charge in [-0.15, -0.1) is 0 Å². The van der Waals surface area contributed by atoms with Gasteiger partial charge >= 0.3 is 0 Å². The zero-order valence-corrected chi connectivity index (χ0v) is 10.7. The van der Waals surface area contributed by atoms with Crippen molar-refractivity contribution in [3.8, 4) is 0 Å². The van der Waals surface area contributed by atoms with Crippen LogP contribution in [-0.2, 0) is 0 Å². The van der Waals surface area contributed by atoms with Gasteiger partial charge in [0.2, 0.25) is 0 Å². The monoisotopic (exact) mass is 268 g/mol. The second-order valence-corrected chi connectivity index (χ2v) is 4.26. The maximum absolute atomic E-state index is 5.63. The molecule has 80 valence electrons. The number of nitrogens with zero attached hydrogens (tertiary/aromatic N) is 1. The largest absolute Gasteiger partial charge is 1.00 e. The summed E-state index contributed by atoms with van der Waals surface area (Å²) in [6.07, 6.45) is 4.18. The molecule has 0 atom stereocenters. The highest BCUT2D eigenvalue weighted by Crippen LogP contribution is 2.18. The van der Waals surface area contributed by atoms with E-state index >= 15 is 0 Å². The van der Waals surface area contributed by atoms with Crippen LogP contribution >= 0.6 is 12.6 Å². The average Bonchev–Trinajstić information content (AvgIpc) is 2.07. The number of rotatable bonds is 4. The quantitative estimate of drug-likeness (QED) is 0.443. The molecule has 1 aliphatic rings. The fourth-order valence-electron chi connectivity index (χ4n) is 2.23. The molecule has 1 rings (SSSR count). The third kappa shape index (κ3) is 4.19. The lowest BCUT2D eigenvalue weighted by Crippen LogP contribution is -3.00. The molecule has 0 unspecified atom stereocenters. The Bertz CT molecular complexity index is 111. The van der Waals surface area contributed by atoms with Crippen LogP contribution in [0.4, 0.5) is 0 Å². The summed E-state index contributed by atoms with van der Waals surface area (Å²) >= 11 is 4.32. The van der Waals surface area contributed by atoms with E-state index in [1.165, 1.54) is 43.4 Å². The van der Waals surface area contributed by atoms with Gasteiger partial charge < -0.3 is 27.2 Å². The Labute approximate surface area is 97.6 Å². The van der Waals surface area contributed by atoms with Crippen LogP contribution in [0.2, 0.25) is 0 Å². The van der Waals surface area contributed by atoms with Gasteiger partial charge in [-0.05, 0) is 19.3 Å². The standard InChI is InChI=1S/C9H20N2S.BrH/c10-4-7-11(8-9-12)5-2-1-3-6-11;/h1-10H2;1H. The van der Waals surface area contributed by atoms with Crippen LogP contribution in [0, 0.1) is 0 Å². The number of quaternary nitrogens is 1. The van der Waals surface area contributed by atoms with E-state index in [9.17, 15) is 0 Å². The highest BCUT2D eigenvalue weighted by atomic mass is 79.9. The average molecular weight is 269 g/mol. The minimum absolute atomic E-state index is 0. The summed E-state index contributed by atoms with van der Waals surface area (Å²) in [5, 5.41) is 0. The van der Waals surface area contributed by atoms with Gasteiger partial charge in [-0.1, -0.05) is 0 Å². The lowest BCUT2D eigenvalue weighted by atomic mass is 10.1. The fourth-order valence-corrected chi connectivity index (χ4v) is 2.65. The van der Waals surface area contributed by atoms with E-state index in [1.54, 1.807) is 0 Å². The van der Waals surface area contributed by atoms with E-state index in [4.69, 9.17) is 5.73 Å². The van der Waals surface area contributed by atoms with Crippen molar-refractivity contribution >= 4 is 12.6 Å². The van der Waals surface area contributed by atoms with Gasteiger partial charge in [0.1, 0.15) is 0 Å². The topological polar surface area (TPSA) is 26.0 Å². The number of hydrogen-bond donors (Lipinski definition) is 2. The van der Waals surface area contributed by atoms with Gasteiger partial charge in [-0.2, -0.15) is 12.6 Å². The number of likely N-dealkylation sites (tertiary alicyclic amines) is 1. The van der Waals surface area contributed by atoms with Crippen molar-refractivity contribution in [3.63, 3.8) is 0 Å².